The van der Waals surface area contributed by atoms with E-state index in [1.54, 1.807) is 36.2 Å². The lowest BCUT2D eigenvalue weighted by Crippen LogP contribution is -2.30. The van der Waals surface area contributed by atoms with Crippen molar-refractivity contribution in [2.24, 2.45) is 0 Å². The van der Waals surface area contributed by atoms with Gasteiger partial charge in [-0.3, -0.25) is 14.3 Å². The van der Waals surface area contributed by atoms with Crippen LogP contribution in [-0.2, 0) is 6.67 Å². The highest BCUT2D eigenvalue weighted by Crippen LogP contribution is 2.16. The fraction of sp³-hybridized carbons (Fsp3) is 0.429. The number of hydrogen-bond acceptors (Lipinski definition) is 4. The van der Waals surface area contributed by atoms with Crippen molar-refractivity contribution < 1.29 is 4.74 Å². The zero-order chi connectivity index (χ0) is 13.2. The third-order valence-electron chi connectivity index (χ3n) is 3.58. The zero-order valence-corrected chi connectivity index (χ0v) is 11.0. The minimum atomic E-state index is 0.0135. The average Bonchev–Trinajstić information content (AvgIpc) is 2.94. The smallest absolute Gasteiger partial charge is 0.262 e. The van der Waals surface area contributed by atoms with Gasteiger partial charge in [-0.05, 0) is 38.1 Å². The minimum Gasteiger partial charge on any atom is -0.497 e. The van der Waals surface area contributed by atoms with Gasteiger partial charge in [0.15, 0.2) is 0 Å². The molecule has 0 N–H and O–H groups in total. The Morgan fingerprint density at radius 3 is 2.84 bits per heavy atom. The highest BCUT2D eigenvalue weighted by atomic mass is 16.5. The number of benzene rings is 1. The molecular formula is C14H17N3O2. The molecule has 5 nitrogen and oxygen atoms in total. The van der Waals surface area contributed by atoms with Crippen LogP contribution in [0.2, 0.25) is 0 Å². The number of ether oxygens (including phenoxy) is 1. The van der Waals surface area contributed by atoms with Gasteiger partial charge >= 0.3 is 0 Å². The van der Waals surface area contributed by atoms with E-state index in [1.807, 2.05) is 0 Å². The molecule has 0 amide bonds. The number of hydrogen-bond donors (Lipinski definition) is 0. The Hall–Kier alpha value is -1.88. The second kappa shape index (κ2) is 5.01. The van der Waals surface area contributed by atoms with Gasteiger partial charge in [0, 0.05) is 6.07 Å². The van der Waals surface area contributed by atoms with E-state index in [2.05, 4.69) is 9.88 Å². The van der Waals surface area contributed by atoms with E-state index in [1.165, 1.54) is 12.8 Å². The summed E-state index contributed by atoms with van der Waals surface area (Å²) in [6.07, 6.45) is 4.06. The monoisotopic (exact) mass is 259 g/mol. The Kier molecular flexibility index (Phi) is 3.21. The van der Waals surface area contributed by atoms with Crippen LogP contribution >= 0.6 is 0 Å². The minimum absolute atomic E-state index is 0.0135. The summed E-state index contributed by atoms with van der Waals surface area (Å²) in [6, 6.07) is 5.37. The Bertz CT molecular complexity index is 645. The fourth-order valence-electron chi connectivity index (χ4n) is 2.51. The summed E-state index contributed by atoms with van der Waals surface area (Å²) in [4.78, 5) is 19.0. The summed E-state index contributed by atoms with van der Waals surface area (Å²) in [5.41, 5.74) is 0.696. The van der Waals surface area contributed by atoms with Crippen molar-refractivity contribution in [3.05, 3.63) is 34.9 Å². The molecule has 100 valence electrons. The van der Waals surface area contributed by atoms with E-state index in [4.69, 9.17) is 4.74 Å². The molecule has 1 aliphatic heterocycles. The van der Waals surface area contributed by atoms with Crippen molar-refractivity contribution in [2.75, 3.05) is 20.2 Å². The van der Waals surface area contributed by atoms with Gasteiger partial charge in [-0.1, -0.05) is 0 Å². The first kappa shape index (κ1) is 12.2. The summed E-state index contributed by atoms with van der Waals surface area (Å²) in [5.74, 6) is 0.719. The summed E-state index contributed by atoms with van der Waals surface area (Å²) in [7, 11) is 1.61. The molecule has 0 unspecified atom stereocenters. The predicted octanol–water partition coefficient (Wildman–Crippen LogP) is 1.46. The lowest BCUT2D eigenvalue weighted by molar-refractivity contribution is 0.265. The van der Waals surface area contributed by atoms with Crippen molar-refractivity contribution in [3.63, 3.8) is 0 Å². The molecule has 2 aromatic rings. The van der Waals surface area contributed by atoms with Crippen LogP contribution in [0.3, 0.4) is 0 Å². The maximum absolute atomic E-state index is 12.4. The van der Waals surface area contributed by atoms with Gasteiger partial charge < -0.3 is 4.74 Å². The van der Waals surface area contributed by atoms with Crippen molar-refractivity contribution in [3.8, 4) is 5.75 Å². The predicted molar refractivity (Wildman–Crippen MR) is 73.4 cm³/mol. The first-order valence-corrected chi connectivity index (χ1v) is 6.53. The van der Waals surface area contributed by atoms with Gasteiger partial charge in [0.2, 0.25) is 0 Å². The van der Waals surface area contributed by atoms with Gasteiger partial charge in [0.25, 0.3) is 5.56 Å². The second-order valence-corrected chi connectivity index (χ2v) is 4.87. The van der Waals surface area contributed by atoms with E-state index in [9.17, 15) is 4.79 Å². The molecule has 0 atom stereocenters. The zero-order valence-electron chi connectivity index (χ0n) is 11.0. The molecule has 1 saturated heterocycles. The maximum atomic E-state index is 12.4. The lowest BCUT2D eigenvalue weighted by atomic mass is 10.2. The van der Waals surface area contributed by atoms with E-state index in [-0.39, 0.29) is 5.56 Å². The second-order valence-electron chi connectivity index (χ2n) is 4.87. The molecule has 5 heteroatoms. The van der Waals surface area contributed by atoms with Gasteiger partial charge in [-0.2, -0.15) is 0 Å². The van der Waals surface area contributed by atoms with E-state index < -0.39 is 0 Å². The molecule has 0 radical (unpaired) electrons. The maximum Gasteiger partial charge on any atom is 0.262 e. The molecule has 0 spiro atoms. The summed E-state index contributed by atoms with van der Waals surface area (Å²) >= 11 is 0. The molecular weight excluding hydrogens is 242 g/mol. The van der Waals surface area contributed by atoms with Crippen molar-refractivity contribution in [1.29, 1.82) is 0 Å². The van der Waals surface area contributed by atoms with Crippen LogP contribution < -0.4 is 10.3 Å². The van der Waals surface area contributed by atoms with E-state index in [0.717, 1.165) is 18.8 Å². The van der Waals surface area contributed by atoms with Crippen LogP contribution in [0.15, 0.2) is 29.3 Å². The molecule has 0 aliphatic carbocycles. The number of aromatic nitrogens is 2. The van der Waals surface area contributed by atoms with Crippen LogP contribution in [0.4, 0.5) is 0 Å². The van der Waals surface area contributed by atoms with Gasteiger partial charge in [0.1, 0.15) is 5.75 Å². The molecule has 1 aliphatic rings. The first-order valence-electron chi connectivity index (χ1n) is 6.53. The fourth-order valence-corrected chi connectivity index (χ4v) is 2.51. The van der Waals surface area contributed by atoms with Crippen LogP contribution in [0, 0.1) is 0 Å². The van der Waals surface area contributed by atoms with E-state index in [0.29, 0.717) is 17.6 Å². The third kappa shape index (κ3) is 2.33. The summed E-state index contributed by atoms with van der Waals surface area (Å²) < 4.78 is 6.82. The van der Waals surface area contributed by atoms with E-state index >= 15 is 0 Å². The number of nitrogens with zero attached hydrogens (tertiary/aromatic N) is 3. The SMILES string of the molecule is COc1ccc2c(=O)n(CN3CCCC3)cnc2c1. The van der Waals surface area contributed by atoms with Crippen LogP contribution in [-0.4, -0.2) is 34.7 Å². The molecule has 3 rings (SSSR count). The number of fused-ring (bicyclic) bond motifs is 1. The largest absolute Gasteiger partial charge is 0.497 e. The van der Waals surface area contributed by atoms with Crippen LogP contribution in [0.5, 0.6) is 5.75 Å². The standard InChI is InChI=1S/C14H17N3O2/c1-19-11-4-5-12-13(8-11)15-9-17(14(12)18)10-16-6-2-3-7-16/h4-5,8-9H,2-3,6-7,10H2,1H3. The molecule has 1 aromatic carbocycles. The highest BCUT2D eigenvalue weighted by molar-refractivity contribution is 5.78. The molecule has 1 aromatic heterocycles. The summed E-state index contributed by atoms with van der Waals surface area (Å²) in [6.45, 7) is 2.76. The molecule has 0 saturated carbocycles. The van der Waals surface area contributed by atoms with Gasteiger partial charge in [0.05, 0.1) is 31.0 Å². The molecule has 0 bridgehead atoms. The quantitative estimate of drug-likeness (QED) is 0.837. The summed E-state index contributed by atoms with van der Waals surface area (Å²) in [5, 5.41) is 0.641. The Morgan fingerprint density at radius 1 is 1.32 bits per heavy atom. The molecule has 19 heavy (non-hydrogen) atoms. The van der Waals surface area contributed by atoms with Crippen LogP contribution in [0.1, 0.15) is 12.8 Å². The number of rotatable bonds is 3. The number of methoxy groups -OCH3 is 1. The topological polar surface area (TPSA) is 47.4 Å². The van der Waals surface area contributed by atoms with Crippen molar-refractivity contribution in [1.82, 2.24) is 14.5 Å². The molecule has 2 heterocycles. The average molecular weight is 259 g/mol. The Balaban J connectivity index is 1.98. The Morgan fingerprint density at radius 2 is 2.11 bits per heavy atom. The lowest BCUT2D eigenvalue weighted by Gasteiger charge is -2.16. The van der Waals surface area contributed by atoms with Crippen molar-refractivity contribution in [2.45, 2.75) is 19.5 Å². The van der Waals surface area contributed by atoms with Crippen LogP contribution in [0.25, 0.3) is 10.9 Å². The van der Waals surface area contributed by atoms with Crippen molar-refractivity contribution >= 4 is 10.9 Å². The third-order valence-corrected chi connectivity index (χ3v) is 3.58. The first-order chi connectivity index (χ1) is 9.28. The molecule has 1 fully saturated rings. The van der Waals surface area contributed by atoms with Gasteiger partial charge in [-0.15, -0.1) is 0 Å². The normalized spacial score (nSPS) is 16.1. The number of likely N-dealkylation sites (tertiary alicyclic amines) is 1. The highest BCUT2D eigenvalue weighted by Gasteiger charge is 2.13. The Labute approximate surface area is 111 Å². The van der Waals surface area contributed by atoms with Gasteiger partial charge in [-0.25, -0.2) is 4.98 Å².